The normalized spacial score (nSPS) is 19.6. The molecule has 1 saturated heterocycles. The highest BCUT2D eigenvalue weighted by Gasteiger charge is 2.35. The van der Waals surface area contributed by atoms with Crippen LogP contribution in [0, 0.1) is 0 Å². The SMILES string of the molecule is CCCCCCCN1CCC(=O)NC(C)(C)C1=O. The van der Waals surface area contributed by atoms with E-state index in [1.165, 1.54) is 25.7 Å². The van der Waals surface area contributed by atoms with Gasteiger partial charge in [-0.05, 0) is 20.3 Å². The van der Waals surface area contributed by atoms with E-state index in [2.05, 4.69) is 12.2 Å². The number of nitrogens with zero attached hydrogens (tertiary/aromatic N) is 1. The summed E-state index contributed by atoms with van der Waals surface area (Å²) in [5.41, 5.74) is -0.753. The minimum atomic E-state index is -0.753. The molecule has 4 nitrogen and oxygen atoms in total. The van der Waals surface area contributed by atoms with Gasteiger partial charge in [0.05, 0.1) is 0 Å². The molecule has 0 aromatic carbocycles. The van der Waals surface area contributed by atoms with Crippen molar-refractivity contribution in [3.05, 3.63) is 0 Å². The van der Waals surface area contributed by atoms with Gasteiger partial charge in [-0.2, -0.15) is 0 Å². The van der Waals surface area contributed by atoms with E-state index in [-0.39, 0.29) is 11.8 Å². The third kappa shape index (κ3) is 4.31. The van der Waals surface area contributed by atoms with Gasteiger partial charge in [0, 0.05) is 19.5 Å². The molecule has 2 amide bonds. The molecule has 0 saturated carbocycles. The second kappa shape index (κ2) is 6.76. The number of hydrogen-bond acceptors (Lipinski definition) is 2. The molecule has 0 atom stereocenters. The van der Waals surface area contributed by atoms with E-state index in [9.17, 15) is 9.59 Å². The molecule has 0 aromatic rings. The van der Waals surface area contributed by atoms with Gasteiger partial charge in [-0.25, -0.2) is 0 Å². The van der Waals surface area contributed by atoms with Gasteiger partial charge < -0.3 is 10.2 Å². The third-order valence-corrected chi connectivity index (χ3v) is 3.41. The maximum atomic E-state index is 12.2. The number of rotatable bonds is 6. The molecule has 1 aliphatic rings. The second-order valence-corrected chi connectivity index (χ2v) is 5.63. The Labute approximate surface area is 110 Å². The Kier molecular flexibility index (Phi) is 5.63. The Morgan fingerprint density at radius 3 is 2.50 bits per heavy atom. The molecule has 0 aliphatic carbocycles. The van der Waals surface area contributed by atoms with Crippen molar-refractivity contribution in [3.8, 4) is 0 Å². The van der Waals surface area contributed by atoms with E-state index in [0.29, 0.717) is 13.0 Å². The molecule has 0 spiro atoms. The van der Waals surface area contributed by atoms with Gasteiger partial charge in [0.1, 0.15) is 5.54 Å². The van der Waals surface area contributed by atoms with Crippen molar-refractivity contribution in [2.75, 3.05) is 13.1 Å². The topological polar surface area (TPSA) is 49.4 Å². The summed E-state index contributed by atoms with van der Waals surface area (Å²) < 4.78 is 0. The van der Waals surface area contributed by atoms with Crippen molar-refractivity contribution in [2.24, 2.45) is 0 Å². The Morgan fingerprint density at radius 1 is 1.17 bits per heavy atom. The predicted molar refractivity (Wildman–Crippen MR) is 72.2 cm³/mol. The van der Waals surface area contributed by atoms with E-state index in [4.69, 9.17) is 0 Å². The molecule has 0 aromatic heterocycles. The van der Waals surface area contributed by atoms with E-state index in [1.54, 1.807) is 13.8 Å². The maximum absolute atomic E-state index is 12.2. The van der Waals surface area contributed by atoms with Crippen LogP contribution in [0.4, 0.5) is 0 Å². The first-order valence-corrected chi connectivity index (χ1v) is 7.07. The van der Waals surface area contributed by atoms with Crippen molar-refractivity contribution in [1.29, 1.82) is 0 Å². The van der Waals surface area contributed by atoms with Crippen LogP contribution < -0.4 is 5.32 Å². The van der Waals surface area contributed by atoms with Gasteiger partial charge in [0.25, 0.3) is 0 Å². The van der Waals surface area contributed by atoms with Crippen molar-refractivity contribution in [1.82, 2.24) is 10.2 Å². The standard InChI is InChI=1S/C14H26N2O2/c1-4-5-6-7-8-10-16-11-9-12(17)15-14(2,3)13(16)18/h4-11H2,1-3H3,(H,15,17). The molecule has 1 rings (SSSR count). The summed E-state index contributed by atoms with van der Waals surface area (Å²) in [6.07, 6.45) is 6.35. The first-order chi connectivity index (χ1) is 8.47. The highest BCUT2D eigenvalue weighted by molar-refractivity contribution is 5.92. The largest absolute Gasteiger partial charge is 0.342 e. The molecule has 1 aliphatic heterocycles. The summed E-state index contributed by atoms with van der Waals surface area (Å²) in [5.74, 6) is 0.0191. The molecular weight excluding hydrogens is 228 g/mol. The van der Waals surface area contributed by atoms with Crippen LogP contribution in [0.5, 0.6) is 0 Å². The van der Waals surface area contributed by atoms with Crippen LogP contribution in [-0.2, 0) is 9.59 Å². The quantitative estimate of drug-likeness (QED) is 0.738. The van der Waals surface area contributed by atoms with Crippen LogP contribution in [-0.4, -0.2) is 35.3 Å². The van der Waals surface area contributed by atoms with Gasteiger partial charge in [-0.1, -0.05) is 32.6 Å². The fourth-order valence-corrected chi connectivity index (χ4v) is 2.32. The Hall–Kier alpha value is -1.06. The fourth-order valence-electron chi connectivity index (χ4n) is 2.32. The Bertz CT molecular complexity index is 300. The predicted octanol–water partition coefficient (Wildman–Crippen LogP) is 2.08. The van der Waals surface area contributed by atoms with Crippen LogP contribution in [0.3, 0.4) is 0 Å². The monoisotopic (exact) mass is 254 g/mol. The van der Waals surface area contributed by atoms with Gasteiger partial charge in [0.2, 0.25) is 11.8 Å². The number of carbonyl (C=O) groups excluding carboxylic acids is 2. The van der Waals surface area contributed by atoms with Gasteiger partial charge in [-0.15, -0.1) is 0 Å². The molecule has 1 fully saturated rings. The van der Waals surface area contributed by atoms with Crippen LogP contribution >= 0.6 is 0 Å². The lowest BCUT2D eigenvalue weighted by atomic mass is 10.0. The number of carbonyl (C=O) groups is 2. The highest BCUT2D eigenvalue weighted by Crippen LogP contribution is 2.14. The zero-order chi connectivity index (χ0) is 13.6. The van der Waals surface area contributed by atoms with E-state index in [0.717, 1.165) is 13.0 Å². The molecule has 104 valence electrons. The lowest BCUT2D eigenvalue weighted by Gasteiger charge is -2.28. The molecular formula is C14H26N2O2. The average molecular weight is 254 g/mol. The van der Waals surface area contributed by atoms with Crippen molar-refractivity contribution in [2.45, 2.75) is 64.8 Å². The van der Waals surface area contributed by atoms with Gasteiger partial charge >= 0.3 is 0 Å². The molecule has 18 heavy (non-hydrogen) atoms. The minimum absolute atomic E-state index is 0.0261. The molecule has 1 N–H and O–H groups in total. The number of nitrogens with one attached hydrogen (secondary N) is 1. The summed E-state index contributed by atoms with van der Waals surface area (Å²) in [4.78, 5) is 25.6. The molecule has 0 unspecified atom stereocenters. The molecule has 0 bridgehead atoms. The molecule has 4 heteroatoms. The summed E-state index contributed by atoms with van der Waals surface area (Å²) in [6.45, 7) is 7.09. The highest BCUT2D eigenvalue weighted by atomic mass is 16.2. The third-order valence-electron chi connectivity index (χ3n) is 3.41. The van der Waals surface area contributed by atoms with E-state index >= 15 is 0 Å². The summed E-state index contributed by atoms with van der Waals surface area (Å²) in [6, 6.07) is 0. The summed E-state index contributed by atoms with van der Waals surface area (Å²) in [5, 5.41) is 2.78. The van der Waals surface area contributed by atoms with E-state index < -0.39 is 5.54 Å². The molecule has 1 heterocycles. The minimum Gasteiger partial charge on any atom is -0.342 e. The molecule has 0 radical (unpaired) electrons. The smallest absolute Gasteiger partial charge is 0.247 e. The second-order valence-electron chi connectivity index (χ2n) is 5.63. The van der Waals surface area contributed by atoms with Crippen LogP contribution in [0.25, 0.3) is 0 Å². The number of hydrogen-bond donors (Lipinski definition) is 1. The van der Waals surface area contributed by atoms with Gasteiger partial charge in [-0.3, -0.25) is 9.59 Å². The first kappa shape index (κ1) is 15.0. The number of unbranched alkanes of at least 4 members (excludes halogenated alkanes) is 4. The van der Waals surface area contributed by atoms with Crippen LogP contribution in [0.15, 0.2) is 0 Å². The zero-order valence-electron chi connectivity index (χ0n) is 11.9. The summed E-state index contributed by atoms with van der Waals surface area (Å²) in [7, 11) is 0. The summed E-state index contributed by atoms with van der Waals surface area (Å²) >= 11 is 0. The first-order valence-electron chi connectivity index (χ1n) is 7.07. The van der Waals surface area contributed by atoms with Gasteiger partial charge in [0.15, 0.2) is 0 Å². The van der Waals surface area contributed by atoms with Crippen LogP contribution in [0.2, 0.25) is 0 Å². The van der Waals surface area contributed by atoms with E-state index in [1.807, 2.05) is 4.90 Å². The number of amides is 2. The van der Waals surface area contributed by atoms with Crippen molar-refractivity contribution >= 4 is 11.8 Å². The Balaban J connectivity index is 2.43. The fraction of sp³-hybridized carbons (Fsp3) is 0.857. The van der Waals surface area contributed by atoms with Crippen molar-refractivity contribution < 1.29 is 9.59 Å². The van der Waals surface area contributed by atoms with Crippen LogP contribution in [0.1, 0.15) is 59.3 Å². The zero-order valence-corrected chi connectivity index (χ0v) is 11.9. The maximum Gasteiger partial charge on any atom is 0.247 e. The average Bonchev–Trinajstić information content (AvgIpc) is 2.39. The van der Waals surface area contributed by atoms with Crippen molar-refractivity contribution in [3.63, 3.8) is 0 Å². The Morgan fingerprint density at radius 2 is 1.83 bits per heavy atom. The lowest BCUT2D eigenvalue weighted by molar-refractivity contribution is -0.137. The lowest BCUT2D eigenvalue weighted by Crippen LogP contribution is -2.52.